The van der Waals surface area contributed by atoms with Crippen molar-refractivity contribution in [2.75, 3.05) is 10.0 Å². The number of amides is 1. The number of rotatable bonds is 6. The normalized spacial score (nSPS) is 11.2. The minimum absolute atomic E-state index is 0.201. The van der Waals surface area contributed by atoms with Crippen molar-refractivity contribution < 1.29 is 18.1 Å². The first-order chi connectivity index (χ1) is 14.8. The maximum Gasteiger partial charge on any atom is 0.270 e. The summed E-state index contributed by atoms with van der Waals surface area (Å²) in [4.78, 5) is 29.6. The Morgan fingerprint density at radius 3 is 2.45 bits per heavy atom. The van der Waals surface area contributed by atoms with Gasteiger partial charge in [0.15, 0.2) is 0 Å². The Morgan fingerprint density at radius 1 is 1.00 bits per heavy atom. The second-order valence-electron chi connectivity index (χ2n) is 6.49. The molecule has 11 heteroatoms. The van der Waals surface area contributed by atoms with Gasteiger partial charge in [0.05, 0.1) is 20.9 Å². The summed E-state index contributed by atoms with van der Waals surface area (Å²) in [6.07, 6.45) is 0. The maximum absolute atomic E-state index is 12.5. The van der Waals surface area contributed by atoms with Crippen molar-refractivity contribution >= 4 is 44.3 Å². The second kappa shape index (κ2) is 7.88. The van der Waals surface area contributed by atoms with Crippen molar-refractivity contribution in [3.8, 4) is 0 Å². The molecule has 4 aromatic rings. The van der Waals surface area contributed by atoms with E-state index in [0.717, 1.165) is 11.6 Å². The Hall–Kier alpha value is -4.25. The van der Waals surface area contributed by atoms with Crippen LogP contribution in [0.25, 0.3) is 11.0 Å². The molecule has 0 aliphatic rings. The number of carbonyl (C=O) groups is 1. The van der Waals surface area contributed by atoms with E-state index in [9.17, 15) is 23.3 Å². The van der Waals surface area contributed by atoms with E-state index >= 15 is 0 Å². The molecule has 0 aliphatic carbocycles. The molecule has 0 radical (unpaired) electrons. The molecule has 1 heterocycles. The van der Waals surface area contributed by atoms with Gasteiger partial charge in [0.25, 0.3) is 21.6 Å². The number of para-hydroxylation sites is 2. The highest BCUT2D eigenvalue weighted by Crippen LogP contribution is 2.21. The summed E-state index contributed by atoms with van der Waals surface area (Å²) in [6, 6.07) is 17.8. The van der Waals surface area contributed by atoms with Crippen molar-refractivity contribution in [3.05, 3.63) is 88.5 Å². The van der Waals surface area contributed by atoms with Crippen LogP contribution in [-0.4, -0.2) is 29.2 Å². The molecule has 0 aliphatic heterocycles. The monoisotopic (exact) mass is 437 g/mol. The van der Waals surface area contributed by atoms with Gasteiger partial charge in [-0.25, -0.2) is 13.4 Å². The molecule has 1 amide bonds. The summed E-state index contributed by atoms with van der Waals surface area (Å²) < 4.78 is 27.3. The van der Waals surface area contributed by atoms with Crippen LogP contribution in [0.2, 0.25) is 0 Å². The highest BCUT2D eigenvalue weighted by molar-refractivity contribution is 7.92. The lowest BCUT2D eigenvalue weighted by atomic mass is 10.2. The summed E-state index contributed by atoms with van der Waals surface area (Å²) in [7, 11) is -4.04. The number of anilines is 2. The Bertz CT molecular complexity index is 1360. The van der Waals surface area contributed by atoms with Gasteiger partial charge in [0, 0.05) is 23.4 Å². The number of H-pyrrole nitrogens is 1. The van der Waals surface area contributed by atoms with E-state index in [0.29, 0.717) is 17.0 Å². The van der Waals surface area contributed by atoms with Crippen molar-refractivity contribution in [2.24, 2.45) is 0 Å². The average molecular weight is 437 g/mol. The number of non-ortho nitro benzene ring substituents is 1. The van der Waals surface area contributed by atoms with Gasteiger partial charge >= 0.3 is 0 Å². The molecular weight excluding hydrogens is 422 g/mol. The molecule has 3 aromatic carbocycles. The highest BCUT2D eigenvalue weighted by atomic mass is 32.2. The molecule has 0 atom stereocenters. The van der Waals surface area contributed by atoms with Crippen LogP contribution >= 0.6 is 0 Å². The van der Waals surface area contributed by atoms with Crippen LogP contribution < -0.4 is 10.0 Å². The Morgan fingerprint density at radius 2 is 1.74 bits per heavy atom. The van der Waals surface area contributed by atoms with Crippen LogP contribution in [0.3, 0.4) is 0 Å². The molecular formula is C20H15N5O5S. The van der Waals surface area contributed by atoms with Gasteiger partial charge in [-0.3, -0.25) is 24.9 Å². The topological polar surface area (TPSA) is 147 Å². The molecule has 4 rings (SSSR count). The van der Waals surface area contributed by atoms with Gasteiger partial charge in [-0.05, 0) is 42.5 Å². The number of aromatic nitrogens is 2. The van der Waals surface area contributed by atoms with Crippen molar-refractivity contribution in [1.82, 2.24) is 9.97 Å². The number of hydrogen-bond donors (Lipinski definition) is 3. The molecule has 0 unspecified atom stereocenters. The van der Waals surface area contributed by atoms with Crippen molar-refractivity contribution in [3.63, 3.8) is 0 Å². The van der Waals surface area contributed by atoms with Crippen LogP contribution in [0.4, 0.5) is 17.3 Å². The summed E-state index contributed by atoms with van der Waals surface area (Å²) in [5.41, 5.74) is 1.65. The molecule has 0 spiro atoms. The predicted molar refractivity (Wildman–Crippen MR) is 114 cm³/mol. The second-order valence-corrected chi connectivity index (χ2v) is 8.18. The van der Waals surface area contributed by atoms with Gasteiger partial charge in [0.1, 0.15) is 0 Å². The standard InChI is InChI=1S/C20H15N5O5S/c26-19(23-20-21-17-6-1-2-7-18(17)22-20)13-8-10-14(11-9-13)24-31(29,30)16-5-3-4-15(12-16)25(27)28/h1-12,24H,(H2,21,22,23,26). The third-order valence-corrected chi connectivity index (χ3v) is 5.74. The number of nitro benzene ring substituents is 1. The van der Waals surface area contributed by atoms with Gasteiger partial charge in [-0.2, -0.15) is 0 Å². The summed E-state index contributed by atoms with van der Waals surface area (Å²) in [5, 5.41) is 13.5. The molecule has 0 fully saturated rings. The molecule has 1 aromatic heterocycles. The number of aromatic amines is 1. The smallest absolute Gasteiger partial charge is 0.270 e. The maximum atomic E-state index is 12.5. The first-order valence-electron chi connectivity index (χ1n) is 8.95. The Labute approximate surface area is 176 Å². The minimum atomic E-state index is -4.04. The number of hydrogen-bond acceptors (Lipinski definition) is 6. The lowest BCUT2D eigenvalue weighted by Crippen LogP contribution is -2.14. The zero-order chi connectivity index (χ0) is 22.0. The minimum Gasteiger partial charge on any atom is -0.324 e. The van der Waals surface area contributed by atoms with Gasteiger partial charge in [0.2, 0.25) is 5.95 Å². The van der Waals surface area contributed by atoms with Crippen LogP contribution in [-0.2, 0) is 10.0 Å². The first kappa shape index (κ1) is 20.0. The molecule has 3 N–H and O–H groups in total. The Balaban J connectivity index is 1.48. The summed E-state index contributed by atoms with van der Waals surface area (Å²) in [6.45, 7) is 0. The van der Waals surface area contributed by atoms with Crippen LogP contribution in [0.15, 0.2) is 77.7 Å². The van der Waals surface area contributed by atoms with Crippen LogP contribution in [0.1, 0.15) is 10.4 Å². The van der Waals surface area contributed by atoms with E-state index < -0.39 is 20.9 Å². The molecule has 31 heavy (non-hydrogen) atoms. The van der Waals surface area contributed by atoms with E-state index in [1.807, 2.05) is 24.3 Å². The van der Waals surface area contributed by atoms with E-state index in [1.165, 1.54) is 42.5 Å². The third kappa shape index (κ3) is 4.36. The lowest BCUT2D eigenvalue weighted by Gasteiger charge is -2.09. The van der Waals surface area contributed by atoms with E-state index in [4.69, 9.17) is 0 Å². The van der Waals surface area contributed by atoms with Crippen LogP contribution in [0.5, 0.6) is 0 Å². The molecule has 0 saturated heterocycles. The van der Waals surface area contributed by atoms with Crippen LogP contribution in [0, 0.1) is 10.1 Å². The van der Waals surface area contributed by atoms with Crippen molar-refractivity contribution in [1.29, 1.82) is 0 Å². The SMILES string of the molecule is O=C(Nc1nc2ccccc2[nH]1)c1ccc(NS(=O)(=O)c2cccc([N+](=O)[O-])c2)cc1. The number of carbonyl (C=O) groups excluding carboxylic acids is 1. The predicted octanol–water partition coefficient (Wildman–Crippen LogP) is 3.52. The fourth-order valence-corrected chi connectivity index (χ4v) is 3.96. The number of benzene rings is 3. The number of nitrogens with one attached hydrogen (secondary N) is 3. The van der Waals surface area contributed by atoms with Gasteiger partial charge in [-0.15, -0.1) is 0 Å². The van der Waals surface area contributed by atoms with E-state index in [-0.39, 0.29) is 16.3 Å². The van der Waals surface area contributed by atoms with Gasteiger partial charge in [-0.1, -0.05) is 18.2 Å². The largest absolute Gasteiger partial charge is 0.324 e. The van der Waals surface area contributed by atoms with E-state index in [2.05, 4.69) is 20.0 Å². The number of nitrogens with zero attached hydrogens (tertiary/aromatic N) is 2. The first-order valence-corrected chi connectivity index (χ1v) is 10.4. The fourth-order valence-electron chi connectivity index (χ4n) is 2.86. The molecule has 156 valence electrons. The highest BCUT2D eigenvalue weighted by Gasteiger charge is 2.18. The lowest BCUT2D eigenvalue weighted by molar-refractivity contribution is -0.385. The molecule has 0 saturated carbocycles. The summed E-state index contributed by atoms with van der Waals surface area (Å²) >= 11 is 0. The van der Waals surface area contributed by atoms with Gasteiger partial charge < -0.3 is 4.98 Å². The molecule has 0 bridgehead atoms. The fraction of sp³-hybridized carbons (Fsp3) is 0. The Kier molecular flexibility index (Phi) is 5.09. The van der Waals surface area contributed by atoms with Crippen molar-refractivity contribution in [2.45, 2.75) is 4.90 Å². The summed E-state index contributed by atoms with van der Waals surface area (Å²) in [5.74, 6) is -0.131. The quantitative estimate of drug-likeness (QED) is 0.311. The number of nitro groups is 1. The molecule has 10 nitrogen and oxygen atoms in total. The number of fused-ring (bicyclic) bond motifs is 1. The zero-order valence-electron chi connectivity index (χ0n) is 15.8. The number of sulfonamides is 1. The third-order valence-electron chi connectivity index (χ3n) is 4.36. The average Bonchev–Trinajstić information content (AvgIpc) is 3.16. The van der Waals surface area contributed by atoms with E-state index in [1.54, 1.807) is 0 Å². The zero-order valence-corrected chi connectivity index (χ0v) is 16.6. The number of imidazole rings is 1.